The zero-order valence-corrected chi connectivity index (χ0v) is 6.38. The monoisotopic (exact) mass is 223 g/mol. The van der Waals surface area contributed by atoms with Crippen LogP contribution in [0.5, 0.6) is 0 Å². The van der Waals surface area contributed by atoms with Gasteiger partial charge in [0.15, 0.2) is 3.77 Å². The highest BCUT2D eigenvalue weighted by Gasteiger charge is 1.96. The summed E-state index contributed by atoms with van der Waals surface area (Å²) in [4.78, 5) is 0. The van der Waals surface area contributed by atoms with Crippen LogP contribution in [0.25, 0.3) is 0 Å². The van der Waals surface area contributed by atoms with Crippen LogP contribution in [0.4, 0.5) is 0 Å². The van der Waals surface area contributed by atoms with Crippen LogP contribution in [0.15, 0.2) is 16.7 Å². The fraction of sp³-hybridized carbons (Fsp3) is 0.200. The fourth-order valence-electron chi connectivity index (χ4n) is 0.465. The van der Waals surface area contributed by atoms with Crippen LogP contribution >= 0.6 is 22.6 Å². The van der Waals surface area contributed by atoms with E-state index >= 15 is 0 Å². The third kappa shape index (κ3) is 1.03. The second-order valence-electron chi connectivity index (χ2n) is 1.42. The van der Waals surface area contributed by atoms with Crippen LogP contribution < -0.4 is 5.73 Å². The molecule has 0 bridgehead atoms. The Morgan fingerprint density at radius 2 is 2.50 bits per heavy atom. The molecule has 0 aliphatic carbocycles. The average molecular weight is 223 g/mol. The summed E-state index contributed by atoms with van der Waals surface area (Å²) in [6.07, 6.45) is 1.64. The lowest BCUT2D eigenvalue weighted by Gasteiger charge is -1.85. The number of halogens is 1. The molecule has 1 heterocycles. The smallest absolute Gasteiger partial charge is 0.167 e. The minimum atomic E-state index is 0.564. The summed E-state index contributed by atoms with van der Waals surface area (Å²) in [7, 11) is 0. The van der Waals surface area contributed by atoms with E-state index in [1.165, 1.54) is 0 Å². The highest BCUT2D eigenvalue weighted by molar-refractivity contribution is 14.1. The molecule has 8 heavy (non-hydrogen) atoms. The highest BCUT2D eigenvalue weighted by Crippen LogP contribution is 2.11. The number of nitrogens with two attached hydrogens (primary N) is 1. The summed E-state index contributed by atoms with van der Waals surface area (Å²) < 4.78 is 5.86. The normalized spacial score (nSPS) is 9.75. The van der Waals surface area contributed by atoms with Crippen LogP contribution in [0.3, 0.4) is 0 Å². The zero-order chi connectivity index (χ0) is 5.98. The summed E-state index contributed by atoms with van der Waals surface area (Å²) in [5.74, 6) is 0. The number of rotatable bonds is 1. The molecule has 0 atom stereocenters. The van der Waals surface area contributed by atoms with E-state index in [0.717, 1.165) is 9.33 Å². The van der Waals surface area contributed by atoms with Crippen molar-refractivity contribution in [1.82, 2.24) is 0 Å². The molecule has 0 spiro atoms. The molecule has 1 aromatic rings. The van der Waals surface area contributed by atoms with E-state index in [1.54, 1.807) is 6.26 Å². The Labute approximate surface area is 61.2 Å². The summed E-state index contributed by atoms with van der Waals surface area (Å²) in [5.41, 5.74) is 6.40. The molecule has 3 heteroatoms. The summed E-state index contributed by atoms with van der Waals surface area (Å²) in [5, 5.41) is 0. The van der Waals surface area contributed by atoms with Gasteiger partial charge in [0, 0.05) is 12.1 Å². The molecule has 0 aliphatic heterocycles. The Balaban J connectivity index is 2.92. The average Bonchev–Trinajstić information content (AvgIpc) is 2.14. The maximum atomic E-state index is 5.33. The van der Waals surface area contributed by atoms with Crippen LogP contribution in [-0.2, 0) is 6.54 Å². The van der Waals surface area contributed by atoms with Gasteiger partial charge in [-0.2, -0.15) is 0 Å². The lowest BCUT2D eigenvalue weighted by molar-refractivity contribution is 0.534. The molecule has 0 unspecified atom stereocenters. The lowest BCUT2D eigenvalue weighted by atomic mass is 10.4. The summed E-state index contributed by atoms with van der Waals surface area (Å²) >= 11 is 2.11. The molecule has 1 aromatic heterocycles. The molecule has 44 valence electrons. The second-order valence-corrected chi connectivity index (χ2v) is 2.40. The van der Waals surface area contributed by atoms with E-state index in [1.807, 2.05) is 6.07 Å². The molecule has 0 aliphatic rings. The van der Waals surface area contributed by atoms with E-state index in [2.05, 4.69) is 22.6 Å². The van der Waals surface area contributed by atoms with Crippen molar-refractivity contribution in [3.63, 3.8) is 0 Å². The quantitative estimate of drug-likeness (QED) is 0.729. The van der Waals surface area contributed by atoms with Crippen molar-refractivity contribution in [3.8, 4) is 0 Å². The maximum Gasteiger partial charge on any atom is 0.167 e. The van der Waals surface area contributed by atoms with Crippen molar-refractivity contribution < 1.29 is 4.42 Å². The molecule has 0 radical (unpaired) electrons. The van der Waals surface area contributed by atoms with Crippen LogP contribution in [0.2, 0.25) is 0 Å². The first-order valence-electron chi connectivity index (χ1n) is 2.26. The van der Waals surface area contributed by atoms with Gasteiger partial charge in [-0.05, 0) is 28.7 Å². The number of hydrogen-bond donors (Lipinski definition) is 1. The standard InChI is InChI=1S/C5H6INO/c6-5-4(3-7)1-2-8-5/h1-2H,3,7H2. The Kier molecular flexibility index (Phi) is 1.90. The summed E-state index contributed by atoms with van der Waals surface area (Å²) in [6.45, 7) is 0.564. The van der Waals surface area contributed by atoms with Gasteiger partial charge in [0.25, 0.3) is 0 Å². The van der Waals surface area contributed by atoms with Gasteiger partial charge in [-0.15, -0.1) is 0 Å². The zero-order valence-electron chi connectivity index (χ0n) is 4.23. The van der Waals surface area contributed by atoms with Gasteiger partial charge < -0.3 is 10.2 Å². The van der Waals surface area contributed by atoms with Crippen LogP contribution in [-0.4, -0.2) is 0 Å². The molecule has 1 rings (SSSR count). The van der Waals surface area contributed by atoms with Gasteiger partial charge in [0.1, 0.15) is 0 Å². The molecule has 0 saturated carbocycles. The molecule has 0 aromatic carbocycles. The predicted molar refractivity (Wildman–Crippen MR) is 39.3 cm³/mol. The Hall–Kier alpha value is -0.0300. The minimum absolute atomic E-state index is 0.564. The van der Waals surface area contributed by atoms with Crippen molar-refractivity contribution in [2.45, 2.75) is 6.54 Å². The lowest BCUT2D eigenvalue weighted by Crippen LogP contribution is -1.94. The minimum Gasteiger partial charge on any atom is -0.458 e. The molecular formula is C5H6INO. The molecule has 2 N–H and O–H groups in total. The first-order valence-corrected chi connectivity index (χ1v) is 3.34. The second kappa shape index (κ2) is 2.50. The van der Waals surface area contributed by atoms with Gasteiger partial charge in [0.2, 0.25) is 0 Å². The van der Waals surface area contributed by atoms with E-state index in [4.69, 9.17) is 10.2 Å². The predicted octanol–water partition coefficient (Wildman–Crippen LogP) is 1.34. The summed E-state index contributed by atoms with van der Waals surface area (Å²) in [6, 6.07) is 1.88. The Morgan fingerprint density at radius 1 is 1.75 bits per heavy atom. The van der Waals surface area contributed by atoms with E-state index in [0.29, 0.717) is 6.54 Å². The van der Waals surface area contributed by atoms with E-state index < -0.39 is 0 Å². The van der Waals surface area contributed by atoms with Crippen molar-refractivity contribution in [3.05, 3.63) is 21.7 Å². The SMILES string of the molecule is NCc1ccoc1I. The Bertz CT molecular complexity index is 173. The molecule has 0 amide bonds. The maximum absolute atomic E-state index is 5.33. The van der Waals surface area contributed by atoms with Crippen molar-refractivity contribution in [2.24, 2.45) is 5.73 Å². The van der Waals surface area contributed by atoms with Gasteiger partial charge in [-0.25, -0.2) is 0 Å². The number of furan rings is 1. The molecule has 0 fully saturated rings. The van der Waals surface area contributed by atoms with Crippen molar-refractivity contribution >= 4 is 22.6 Å². The van der Waals surface area contributed by atoms with Gasteiger partial charge >= 0.3 is 0 Å². The van der Waals surface area contributed by atoms with E-state index in [-0.39, 0.29) is 0 Å². The highest BCUT2D eigenvalue weighted by atomic mass is 127. The first-order chi connectivity index (χ1) is 3.84. The Morgan fingerprint density at radius 3 is 2.75 bits per heavy atom. The van der Waals surface area contributed by atoms with Crippen LogP contribution in [0.1, 0.15) is 5.56 Å². The van der Waals surface area contributed by atoms with Crippen molar-refractivity contribution in [1.29, 1.82) is 0 Å². The van der Waals surface area contributed by atoms with Gasteiger partial charge in [0.05, 0.1) is 6.26 Å². The largest absolute Gasteiger partial charge is 0.458 e. The third-order valence-corrected chi connectivity index (χ3v) is 1.86. The third-order valence-electron chi connectivity index (χ3n) is 0.913. The molecule has 0 saturated heterocycles. The van der Waals surface area contributed by atoms with Gasteiger partial charge in [-0.3, -0.25) is 0 Å². The first kappa shape index (κ1) is 6.10. The van der Waals surface area contributed by atoms with Crippen molar-refractivity contribution in [2.75, 3.05) is 0 Å². The fourth-order valence-corrected chi connectivity index (χ4v) is 1.01. The molecular weight excluding hydrogens is 217 g/mol. The van der Waals surface area contributed by atoms with E-state index in [9.17, 15) is 0 Å². The van der Waals surface area contributed by atoms with Crippen LogP contribution in [0, 0.1) is 3.77 Å². The van der Waals surface area contributed by atoms with Gasteiger partial charge in [-0.1, -0.05) is 0 Å². The number of hydrogen-bond acceptors (Lipinski definition) is 2. The molecule has 2 nitrogen and oxygen atoms in total. The topological polar surface area (TPSA) is 39.2 Å².